The highest BCUT2D eigenvalue weighted by atomic mass is 32.2. The number of nitrogens with zero attached hydrogens (tertiary/aromatic N) is 12. The minimum absolute atomic E-state index is 0.173. The zero-order chi connectivity index (χ0) is 52.1. The maximum Gasteiger partial charge on any atom is 0.333 e. The lowest BCUT2D eigenvalue weighted by atomic mass is 10.1. The molecule has 3 unspecified atom stereocenters. The molecule has 0 aliphatic carbocycles. The lowest BCUT2D eigenvalue weighted by molar-refractivity contribution is -0.0527. The van der Waals surface area contributed by atoms with Crippen LogP contribution >= 0.6 is 0 Å². The largest absolute Gasteiger partial charge is 0.390 e. The molecule has 3 fully saturated rings. The molecule has 0 amide bonds. The quantitative estimate of drug-likeness (QED) is 0.0557. The van der Waals surface area contributed by atoms with E-state index in [2.05, 4.69) is 57.7 Å². The summed E-state index contributed by atoms with van der Waals surface area (Å²) in [6.07, 6.45) is -9.34. The summed E-state index contributed by atoms with van der Waals surface area (Å²) >= 11 is 0. The van der Waals surface area contributed by atoms with Crippen LogP contribution in [0.2, 0.25) is 0 Å². The average molecular weight is 1070 g/mol. The number of fused-ring (bicyclic) bond motifs is 3. The van der Waals surface area contributed by atoms with E-state index in [9.17, 15) is 50.1 Å². The number of aliphatic hydroxyl groups excluding tert-OH is 4. The van der Waals surface area contributed by atoms with Crippen molar-refractivity contribution in [3.8, 4) is 0 Å². The van der Waals surface area contributed by atoms with Crippen molar-refractivity contribution in [1.29, 1.82) is 0 Å². The highest BCUT2D eigenvalue weighted by Gasteiger charge is 2.48. The van der Waals surface area contributed by atoms with Gasteiger partial charge in [-0.1, -0.05) is 0 Å². The predicted molar refractivity (Wildman–Crippen MR) is 236 cm³/mol. The van der Waals surface area contributed by atoms with Gasteiger partial charge in [0.2, 0.25) is 0 Å². The summed E-state index contributed by atoms with van der Waals surface area (Å²) in [5.41, 5.74) is 15.2. The van der Waals surface area contributed by atoms with E-state index in [4.69, 9.17) is 41.1 Å². The second-order valence-corrected chi connectivity index (χ2v) is 19.6. The van der Waals surface area contributed by atoms with Crippen LogP contribution in [0.4, 0.5) is 16.0 Å². The summed E-state index contributed by atoms with van der Waals surface area (Å²) in [5.74, 6) is 0.387. The molecule has 3 saturated heterocycles. The molecule has 9 heterocycles. The van der Waals surface area contributed by atoms with Crippen LogP contribution in [0, 0.1) is 27.7 Å². The molecule has 0 saturated carbocycles. The van der Waals surface area contributed by atoms with Gasteiger partial charge < -0.3 is 46.1 Å². The van der Waals surface area contributed by atoms with Gasteiger partial charge in [0.25, 0.3) is 0 Å². The molecular formula is C34H48FN17O16S3. The van der Waals surface area contributed by atoms with E-state index < -0.39 is 112 Å². The standard InChI is InChI=1S/C12H17N5O5S.C11H15FN6O5S.C11H16N6O6S/c1-6-11-7(2)16-17(12(11)15-5-14-6)10-3-8(18)9(22-10)4-21-23(13,19)20;1-4-6-9(13)15-3-16-10(6)18(17-4)11-7(12)8(19)5(23-11)2-22-24(14,20)21;1-4-6-9(12)14-3-15-10(6)17(16-4)11-8(19)7(18)5(23-11)2-22-24(13,20)21/h5,8-10,18H,3-4H2,1-2H3,(H2,13,19,20);3,5,7-8,11,19H,2H2,1H3,(H2,13,15,16)(H2,14,20,21);3,5,7-8,11,18-19H,2H2,1H3,(H2,12,14,15)(H2,13,20,21)/t8-,9?,10+;5?,7-,8+,11+;5?,7-,8-,11-/m001/s1. The van der Waals surface area contributed by atoms with E-state index in [-0.39, 0.29) is 30.3 Å². The van der Waals surface area contributed by atoms with Crippen molar-refractivity contribution in [2.45, 2.75) is 102 Å². The van der Waals surface area contributed by atoms with E-state index in [0.717, 1.165) is 21.5 Å². The molecular weight excluding hydrogens is 1020 g/mol. The Morgan fingerprint density at radius 1 is 0.563 bits per heavy atom. The van der Waals surface area contributed by atoms with Gasteiger partial charge in [-0.25, -0.2) is 63.8 Å². The van der Waals surface area contributed by atoms with Crippen LogP contribution in [0.5, 0.6) is 0 Å². The molecule has 33 nitrogen and oxygen atoms in total. The van der Waals surface area contributed by atoms with Crippen LogP contribution in [0.25, 0.3) is 33.1 Å². The van der Waals surface area contributed by atoms with Crippen molar-refractivity contribution >= 4 is 75.6 Å². The molecule has 37 heteroatoms. The molecule has 0 bridgehead atoms. The van der Waals surface area contributed by atoms with Gasteiger partial charge in [0, 0.05) is 6.42 Å². The fourth-order valence-electron chi connectivity index (χ4n) is 7.82. The molecule has 11 atom stereocenters. The van der Waals surface area contributed by atoms with E-state index >= 15 is 0 Å². The number of halogens is 1. The Balaban J connectivity index is 0.000000157. The molecule has 3 aliphatic heterocycles. The van der Waals surface area contributed by atoms with E-state index in [1.807, 2.05) is 13.8 Å². The van der Waals surface area contributed by atoms with Crippen molar-refractivity contribution in [3.05, 3.63) is 41.8 Å². The minimum Gasteiger partial charge on any atom is -0.390 e. The van der Waals surface area contributed by atoms with Crippen LogP contribution < -0.4 is 26.9 Å². The smallest absolute Gasteiger partial charge is 0.333 e. The summed E-state index contributed by atoms with van der Waals surface area (Å²) in [7, 11) is -12.5. The Morgan fingerprint density at radius 3 is 1.48 bits per heavy atom. The summed E-state index contributed by atoms with van der Waals surface area (Å²) in [4.78, 5) is 24.2. The first kappa shape index (κ1) is 53.3. The Bertz CT molecular complexity index is 3110. The minimum atomic E-state index is -4.24. The first-order valence-electron chi connectivity index (χ1n) is 20.5. The number of nitrogens with two attached hydrogens (primary N) is 5. The molecule has 3 aliphatic rings. The second kappa shape index (κ2) is 20.6. The lowest BCUT2D eigenvalue weighted by Crippen LogP contribution is -2.35. The zero-order valence-corrected chi connectivity index (χ0v) is 39.9. The summed E-state index contributed by atoms with van der Waals surface area (Å²) in [5, 5.41) is 68.9. The molecule has 0 spiro atoms. The van der Waals surface area contributed by atoms with Gasteiger partial charge in [0.15, 0.2) is 41.8 Å². The maximum absolute atomic E-state index is 14.4. The van der Waals surface area contributed by atoms with Crippen LogP contribution in [0.1, 0.15) is 47.9 Å². The van der Waals surface area contributed by atoms with Gasteiger partial charge in [-0.3, -0.25) is 12.5 Å². The third-order valence-corrected chi connectivity index (χ3v) is 12.4. The van der Waals surface area contributed by atoms with Gasteiger partial charge >= 0.3 is 30.9 Å². The maximum atomic E-state index is 14.4. The molecule has 71 heavy (non-hydrogen) atoms. The monoisotopic (exact) mass is 1070 g/mol. The van der Waals surface area contributed by atoms with Gasteiger partial charge in [-0.15, -0.1) is 0 Å². The van der Waals surface area contributed by atoms with Crippen LogP contribution in [-0.2, 0) is 57.7 Å². The Labute approximate surface area is 400 Å². The topological polar surface area (TPSA) is 500 Å². The zero-order valence-electron chi connectivity index (χ0n) is 37.5. The van der Waals surface area contributed by atoms with Crippen molar-refractivity contribution in [2.75, 3.05) is 31.3 Å². The molecule has 390 valence electrons. The van der Waals surface area contributed by atoms with Gasteiger partial charge in [-0.2, -0.15) is 40.5 Å². The second-order valence-electron chi connectivity index (χ2n) is 16.0. The van der Waals surface area contributed by atoms with Crippen LogP contribution in [0.3, 0.4) is 0 Å². The summed E-state index contributed by atoms with van der Waals surface area (Å²) < 4.78 is 113. The predicted octanol–water partition coefficient (Wildman–Crippen LogP) is -4.60. The number of hydrogen-bond donors (Lipinski definition) is 9. The number of alkyl halides is 1. The number of aromatic nitrogens is 12. The summed E-state index contributed by atoms with van der Waals surface area (Å²) in [6.45, 7) is 5.47. The fourth-order valence-corrected chi connectivity index (χ4v) is 8.79. The lowest BCUT2D eigenvalue weighted by Gasteiger charge is -2.15. The number of hydrogen-bond acceptors (Lipinski definition) is 27. The van der Waals surface area contributed by atoms with E-state index in [1.165, 1.54) is 23.7 Å². The van der Waals surface area contributed by atoms with Crippen molar-refractivity contribution < 1.29 is 76.8 Å². The molecule has 0 radical (unpaired) electrons. The molecule has 6 aromatic heterocycles. The molecule has 14 N–H and O–H groups in total. The number of rotatable bonds is 12. The number of anilines is 2. The SMILES string of the molecule is Cc1ncnc2c1c(C)nn2[C@H]1C[C@H](O)C(COS(N)(=O)=O)O1.Cc1nn([C@@H]2OC(COS(N)(=O)=O)[C@@H](O)[C@@H]2F)c2ncnc(N)c12.Cc1nn([C@@H]2OC(COS(N)(=O)=O)[C@@H](O)[C@H]2O)c2ncnc(N)c12. The summed E-state index contributed by atoms with van der Waals surface area (Å²) in [6, 6.07) is 0. The van der Waals surface area contributed by atoms with Gasteiger partial charge in [-0.05, 0) is 27.7 Å². The number of aliphatic hydroxyl groups is 4. The Hall–Kier alpha value is -5.49. The molecule has 0 aromatic carbocycles. The van der Waals surface area contributed by atoms with Crippen LogP contribution in [0.15, 0.2) is 19.0 Å². The Kier molecular flexibility index (Phi) is 15.4. The van der Waals surface area contributed by atoms with Gasteiger partial charge in [0.1, 0.15) is 67.2 Å². The third-order valence-electron chi connectivity index (χ3n) is 11.0. The first-order chi connectivity index (χ1) is 33.1. The van der Waals surface area contributed by atoms with Crippen molar-refractivity contribution in [1.82, 2.24) is 59.2 Å². The van der Waals surface area contributed by atoms with Crippen molar-refractivity contribution in [2.24, 2.45) is 15.4 Å². The average Bonchev–Trinajstić information content (AvgIpc) is 4.12. The van der Waals surface area contributed by atoms with Crippen molar-refractivity contribution in [3.63, 3.8) is 0 Å². The highest BCUT2D eigenvalue weighted by molar-refractivity contribution is 7.84. The first-order valence-corrected chi connectivity index (χ1v) is 25.0. The third kappa shape index (κ3) is 11.7. The number of aryl methyl sites for hydroxylation is 4. The molecule has 9 rings (SSSR count). The molecule has 6 aromatic rings. The van der Waals surface area contributed by atoms with E-state index in [1.54, 1.807) is 18.5 Å². The van der Waals surface area contributed by atoms with E-state index in [0.29, 0.717) is 33.5 Å². The Morgan fingerprint density at radius 2 is 0.972 bits per heavy atom. The van der Waals surface area contributed by atoms with Crippen LogP contribution in [-0.4, -0.2) is 174 Å². The number of ether oxygens (including phenoxy) is 3. The van der Waals surface area contributed by atoms with Gasteiger partial charge in [0.05, 0.1) is 64.9 Å². The highest BCUT2D eigenvalue weighted by Crippen LogP contribution is 2.36. The normalized spacial score (nSPS) is 27.0. The number of nitrogen functional groups attached to an aromatic ring is 2. The fraction of sp³-hybridized carbons (Fsp3) is 0.559.